The monoisotopic (exact) mass is 331 g/mol. The predicted octanol–water partition coefficient (Wildman–Crippen LogP) is 2.77. The van der Waals surface area contributed by atoms with Crippen LogP contribution in [-0.4, -0.2) is 50.0 Å². The molecule has 1 unspecified atom stereocenters. The summed E-state index contributed by atoms with van der Waals surface area (Å²) in [6, 6.07) is 5.94. The van der Waals surface area contributed by atoms with E-state index >= 15 is 0 Å². The molecule has 1 aromatic carbocycles. The van der Waals surface area contributed by atoms with Crippen LogP contribution in [0.1, 0.15) is 30.4 Å². The van der Waals surface area contributed by atoms with Gasteiger partial charge in [-0.3, -0.25) is 4.79 Å². The molecule has 0 radical (unpaired) electrons. The van der Waals surface area contributed by atoms with Crippen LogP contribution >= 0.6 is 0 Å². The second-order valence-corrected chi connectivity index (χ2v) is 6.28. The van der Waals surface area contributed by atoms with Crippen LogP contribution in [0.4, 0.5) is 0 Å². The molecular formula is C19H25NO4. The van der Waals surface area contributed by atoms with Gasteiger partial charge in [-0.05, 0) is 44.4 Å². The molecule has 3 rings (SSSR count). The number of aryl methyl sites for hydroxylation is 1. The minimum Gasteiger partial charge on any atom is -0.496 e. The molecule has 1 aromatic rings. The van der Waals surface area contributed by atoms with Gasteiger partial charge in [-0.25, -0.2) is 0 Å². The van der Waals surface area contributed by atoms with Crippen LogP contribution in [0.2, 0.25) is 0 Å². The molecule has 1 amide bonds. The number of piperidine rings is 1. The van der Waals surface area contributed by atoms with Crippen LogP contribution in [0.15, 0.2) is 24.3 Å². The first kappa shape index (κ1) is 17.0. The molecule has 0 N–H and O–H groups in total. The lowest BCUT2D eigenvalue weighted by Gasteiger charge is -2.37. The van der Waals surface area contributed by atoms with Gasteiger partial charge in [0.25, 0.3) is 0 Å². The normalized spacial score (nSPS) is 22.2. The smallest absolute Gasteiger partial charge is 0.247 e. The Morgan fingerprint density at radius 3 is 2.83 bits per heavy atom. The van der Waals surface area contributed by atoms with Gasteiger partial charge in [0, 0.05) is 18.2 Å². The van der Waals surface area contributed by atoms with Crippen molar-refractivity contribution in [1.29, 1.82) is 0 Å². The zero-order valence-corrected chi connectivity index (χ0v) is 14.4. The summed E-state index contributed by atoms with van der Waals surface area (Å²) in [5.41, 5.74) is 2.04. The third kappa shape index (κ3) is 3.79. The fourth-order valence-electron chi connectivity index (χ4n) is 3.35. The molecule has 2 aliphatic heterocycles. The number of likely N-dealkylation sites (tertiary alicyclic amines) is 1. The highest BCUT2D eigenvalue weighted by atomic mass is 16.7. The number of carbonyl (C=O) groups is 1. The number of nitrogens with zero attached hydrogens (tertiary/aromatic N) is 1. The topological polar surface area (TPSA) is 48.0 Å². The largest absolute Gasteiger partial charge is 0.496 e. The van der Waals surface area contributed by atoms with Crippen LogP contribution in [0.5, 0.6) is 5.75 Å². The van der Waals surface area contributed by atoms with Gasteiger partial charge >= 0.3 is 0 Å². The number of rotatable bonds is 4. The molecule has 0 aromatic heterocycles. The summed E-state index contributed by atoms with van der Waals surface area (Å²) < 4.78 is 16.6. The molecule has 0 spiro atoms. The molecule has 0 bridgehead atoms. The molecule has 5 heteroatoms. The SMILES string of the molecule is COc1ccc(C)cc1/C=C/C(=O)N1CCCCC1C1OCCO1. The molecule has 2 saturated heterocycles. The Labute approximate surface area is 143 Å². The number of carbonyl (C=O) groups excluding carboxylic acids is 1. The lowest BCUT2D eigenvalue weighted by molar-refractivity contribution is -0.145. The van der Waals surface area contributed by atoms with Crippen molar-refractivity contribution in [3.8, 4) is 5.75 Å². The first-order chi connectivity index (χ1) is 11.7. The van der Waals surface area contributed by atoms with Gasteiger partial charge in [0.15, 0.2) is 6.29 Å². The van der Waals surface area contributed by atoms with Gasteiger partial charge in [-0.15, -0.1) is 0 Å². The number of hydrogen-bond acceptors (Lipinski definition) is 4. The second-order valence-electron chi connectivity index (χ2n) is 6.28. The molecule has 2 heterocycles. The van der Waals surface area contributed by atoms with Crippen molar-refractivity contribution in [3.63, 3.8) is 0 Å². The van der Waals surface area contributed by atoms with Crippen LogP contribution in [0.25, 0.3) is 6.08 Å². The zero-order chi connectivity index (χ0) is 16.9. The maximum absolute atomic E-state index is 12.7. The van der Waals surface area contributed by atoms with E-state index in [-0.39, 0.29) is 18.2 Å². The molecular weight excluding hydrogens is 306 g/mol. The maximum atomic E-state index is 12.7. The number of ether oxygens (including phenoxy) is 3. The Balaban J connectivity index is 1.74. The summed E-state index contributed by atoms with van der Waals surface area (Å²) in [5.74, 6) is 0.768. The number of hydrogen-bond donors (Lipinski definition) is 0. The fourth-order valence-corrected chi connectivity index (χ4v) is 3.35. The van der Waals surface area contributed by atoms with E-state index in [1.807, 2.05) is 36.1 Å². The summed E-state index contributed by atoms with van der Waals surface area (Å²) in [7, 11) is 1.64. The summed E-state index contributed by atoms with van der Waals surface area (Å²) in [6.45, 7) is 4.00. The van der Waals surface area contributed by atoms with E-state index in [1.165, 1.54) is 0 Å². The van der Waals surface area contributed by atoms with E-state index in [9.17, 15) is 4.79 Å². The van der Waals surface area contributed by atoms with Crippen molar-refractivity contribution < 1.29 is 19.0 Å². The quantitative estimate of drug-likeness (QED) is 0.796. The Hall–Kier alpha value is -1.85. The van der Waals surface area contributed by atoms with Crippen molar-refractivity contribution in [1.82, 2.24) is 4.90 Å². The first-order valence-electron chi connectivity index (χ1n) is 8.55. The first-order valence-corrected chi connectivity index (χ1v) is 8.55. The van der Waals surface area contributed by atoms with Gasteiger partial charge < -0.3 is 19.1 Å². The average molecular weight is 331 g/mol. The summed E-state index contributed by atoms with van der Waals surface area (Å²) in [6.07, 6.45) is 6.23. The standard InChI is InChI=1S/C19H25NO4/c1-14-6-8-17(22-2)15(13-14)7-9-18(21)20-10-4-3-5-16(20)19-23-11-12-24-19/h6-9,13,16,19H,3-5,10-12H2,1-2H3/b9-7+. The van der Waals surface area contributed by atoms with E-state index in [1.54, 1.807) is 13.2 Å². The van der Waals surface area contributed by atoms with Crippen molar-refractivity contribution >= 4 is 12.0 Å². The minimum absolute atomic E-state index is 0.00218. The molecule has 2 aliphatic rings. The molecule has 0 aliphatic carbocycles. The van der Waals surface area contributed by atoms with Gasteiger partial charge in [-0.1, -0.05) is 11.6 Å². The van der Waals surface area contributed by atoms with Crippen LogP contribution < -0.4 is 4.74 Å². The molecule has 130 valence electrons. The van der Waals surface area contributed by atoms with Gasteiger partial charge in [0.2, 0.25) is 5.91 Å². The highest BCUT2D eigenvalue weighted by Gasteiger charge is 2.35. The zero-order valence-electron chi connectivity index (χ0n) is 14.4. The Kier molecular flexibility index (Phi) is 5.53. The Morgan fingerprint density at radius 1 is 1.29 bits per heavy atom. The highest BCUT2D eigenvalue weighted by molar-refractivity contribution is 5.92. The van der Waals surface area contributed by atoms with Crippen molar-refractivity contribution in [2.24, 2.45) is 0 Å². The number of amides is 1. The third-order valence-electron chi connectivity index (χ3n) is 4.58. The number of methoxy groups -OCH3 is 1. The van der Waals surface area contributed by atoms with Gasteiger partial charge in [-0.2, -0.15) is 0 Å². The van der Waals surface area contributed by atoms with Crippen LogP contribution in [-0.2, 0) is 14.3 Å². The minimum atomic E-state index is -0.281. The molecule has 0 saturated carbocycles. The fraction of sp³-hybridized carbons (Fsp3) is 0.526. The van der Waals surface area contributed by atoms with E-state index in [2.05, 4.69) is 0 Å². The van der Waals surface area contributed by atoms with Crippen molar-refractivity contribution in [2.75, 3.05) is 26.9 Å². The number of benzene rings is 1. The van der Waals surface area contributed by atoms with Crippen LogP contribution in [0, 0.1) is 6.92 Å². The third-order valence-corrected chi connectivity index (χ3v) is 4.58. The molecule has 24 heavy (non-hydrogen) atoms. The van der Waals surface area contributed by atoms with E-state index < -0.39 is 0 Å². The highest BCUT2D eigenvalue weighted by Crippen LogP contribution is 2.25. The molecule has 1 atom stereocenters. The lowest BCUT2D eigenvalue weighted by Crippen LogP contribution is -2.49. The van der Waals surface area contributed by atoms with E-state index in [0.717, 1.165) is 42.7 Å². The average Bonchev–Trinajstić information content (AvgIpc) is 3.14. The Bertz CT molecular complexity index is 607. The van der Waals surface area contributed by atoms with Crippen molar-refractivity contribution in [2.45, 2.75) is 38.5 Å². The lowest BCUT2D eigenvalue weighted by atomic mass is 10.0. The molecule has 2 fully saturated rings. The van der Waals surface area contributed by atoms with Gasteiger partial charge in [0.1, 0.15) is 5.75 Å². The summed E-state index contributed by atoms with van der Waals surface area (Å²) in [5, 5.41) is 0. The van der Waals surface area contributed by atoms with Crippen molar-refractivity contribution in [3.05, 3.63) is 35.4 Å². The summed E-state index contributed by atoms with van der Waals surface area (Å²) >= 11 is 0. The molecule has 5 nitrogen and oxygen atoms in total. The second kappa shape index (κ2) is 7.81. The Morgan fingerprint density at radius 2 is 2.08 bits per heavy atom. The van der Waals surface area contributed by atoms with E-state index in [4.69, 9.17) is 14.2 Å². The predicted molar refractivity (Wildman–Crippen MR) is 91.8 cm³/mol. The maximum Gasteiger partial charge on any atom is 0.247 e. The van der Waals surface area contributed by atoms with E-state index in [0.29, 0.717) is 13.2 Å². The summed E-state index contributed by atoms with van der Waals surface area (Å²) in [4.78, 5) is 14.6. The van der Waals surface area contributed by atoms with Gasteiger partial charge in [0.05, 0.1) is 26.4 Å². The van der Waals surface area contributed by atoms with Crippen LogP contribution in [0.3, 0.4) is 0 Å².